The maximum Gasteiger partial charge on any atom is 0.574 e. The quantitative estimate of drug-likeness (QED) is 0.873. The molecule has 1 aromatic rings. The summed E-state index contributed by atoms with van der Waals surface area (Å²) in [4.78, 5) is 14.4. The van der Waals surface area contributed by atoms with Gasteiger partial charge in [0.1, 0.15) is 5.69 Å². The maximum atomic E-state index is 12.0. The van der Waals surface area contributed by atoms with Crippen molar-refractivity contribution in [3.05, 3.63) is 18.3 Å². The van der Waals surface area contributed by atoms with Crippen LogP contribution in [0.1, 0.15) is 13.3 Å². The molecule has 0 saturated heterocycles. The first-order valence-corrected chi connectivity index (χ1v) is 4.43. The second kappa shape index (κ2) is 4.82. The van der Waals surface area contributed by atoms with E-state index >= 15 is 0 Å². The molecule has 0 radical (unpaired) electrons. The Bertz CT molecular complexity index is 379. The van der Waals surface area contributed by atoms with Crippen LogP contribution in [0.15, 0.2) is 18.3 Å². The number of nitrogens with one attached hydrogen (secondary N) is 1. The van der Waals surface area contributed by atoms with E-state index in [4.69, 9.17) is 0 Å². The Morgan fingerprint density at radius 3 is 2.81 bits per heavy atom. The summed E-state index contributed by atoms with van der Waals surface area (Å²) in [5.41, 5.74) is -0.105. The molecule has 1 aromatic heterocycles. The summed E-state index contributed by atoms with van der Waals surface area (Å²) in [7, 11) is 0. The number of hydrogen-bond donors (Lipinski definition) is 1. The number of alkyl halides is 3. The number of pyridine rings is 1. The van der Waals surface area contributed by atoms with Crippen molar-refractivity contribution in [3.63, 3.8) is 0 Å². The van der Waals surface area contributed by atoms with Crippen LogP contribution >= 0.6 is 0 Å². The monoisotopic (exact) mass is 234 g/mol. The first kappa shape index (κ1) is 12.3. The lowest BCUT2D eigenvalue weighted by atomic mass is 10.3. The highest BCUT2D eigenvalue weighted by atomic mass is 19.4. The second-order valence-electron chi connectivity index (χ2n) is 2.81. The molecule has 0 unspecified atom stereocenters. The van der Waals surface area contributed by atoms with Crippen LogP contribution in [-0.2, 0) is 4.79 Å². The lowest BCUT2D eigenvalue weighted by Crippen LogP contribution is -2.20. The number of amides is 1. The van der Waals surface area contributed by atoms with E-state index in [9.17, 15) is 18.0 Å². The van der Waals surface area contributed by atoms with E-state index in [1.165, 1.54) is 12.1 Å². The third kappa shape index (κ3) is 3.76. The van der Waals surface area contributed by atoms with Gasteiger partial charge >= 0.3 is 6.36 Å². The molecule has 0 bridgehead atoms. The highest BCUT2D eigenvalue weighted by molar-refractivity contribution is 5.91. The lowest BCUT2D eigenvalue weighted by molar-refractivity contribution is -0.275. The summed E-state index contributed by atoms with van der Waals surface area (Å²) in [5, 5.41) is 2.26. The summed E-state index contributed by atoms with van der Waals surface area (Å²) >= 11 is 0. The van der Waals surface area contributed by atoms with E-state index in [0.29, 0.717) is 0 Å². The van der Waals surface area contributed by atoms with E-state index in [2.05, 4.69) is 15.0 Å². The fraction of sp³-hybridized carbons (Fsp3) is 0.333. The van der Waals surface area contributed by atoms with Crippen molar-refractivity contribution >= 4 is 11.6 Å². The molecule has 1 heterocycles. The topological polar surface area (TPSA) is 51.2 Å². The number of anilines is 1. The van der Waals surface area contributed by atoms with Gasteiger partial charge in [0.2, 0.25) is 11.8 Å². The molecule has 1 amide bonds. The number of aromatic nitrogens is 1. The van der Waals surface area contributed by atoms with Crippen molar-refractivity contribution in [2.45, 2.75) is 19.7 Å². The van der Waals surface area contributed by atoms with Crippen molar-refractivity contribution in [2.24, 2.45) is 0 Å². The fourth-order valence-corrected chi connectivity index (χ4v) is 0.915. The molecule has 16 heavy (non-hydrogen) atoms. The number of hydrogen-bond acceptors (Lipinski definition) is 3. The maximum absolute atomic E-state index is 12.0. The summed E-state index contributed by atoms with van der Waals surface area (Å²) in [6.07, 6.45) is -3.54. The molecule has 1 N–H and O–H groups in total. The van der Waals surface area contributed by atoms with Crippen LogP contribution in [-0.4, -0.2) is 17.3 Å². The first-order chi connectivity index (χ1) is 7.42. The smallest absolute Gasteiger partial charge is 0.386 e. The van der Waals surface area contributed by atoms with Gasteiger partial charge in [-0.2, -0.15) is 0 Å². The Morgan fingerprint density at radius 2 is 2.25 bits per heavy atom. The van der Waals surface area contributed by atoms with Gasteiger partial charge < -0.3 is 10.1 Å². The molecule has 7 heteroatoms. The number of rotatable bonds is 3. The molecule has 0 aliphatic carbocycles. The average Bonchev–Trinajstić information content (AvgIpc) is 2.18. The number of halogens is 3. The van der Waals surface area contributed by atoms with Crippen molar-refractivity contribution in [1.82, 2.24) is 4.98 Å². The highest BCUT2D eigenvalue weighted by Gasteiger charge is 2.33. The predicted molar refractivity (Wildman–Crippen MR) is 49.8 cm³/mol. The van der Waals surface area contributed by atoms with Gasteiger partial charge in [0.15, 0.2) is 0 Å². The van der Waals surface area contributed by atoms with E-state index in [-0.39, 0.29) is 12.1 Å². The molecule has 0 aromatic carbocycles. The van der Waals surface area contributed by atoms with Crippen LogP contribution in [0.25, 0.3) is 0 Å². The summed E-state index contributed by atoms with van der Waals surface area (Å²) in [6, 6.07) is 2.68. The number of ether oxygens (including phenoxy) is 1. The van der Waals surface area contributed by atoms with Gasteiger partial charge in [0.25, 0.3) is 0 Å². The standard InChI is InChI=1S/C9H9F3N2O2/c1-2-7(15)14-6-4-3-5-13-8(6)16-9(10,11)12/h3-5H,2H2,1H3,(H,14,15). The van der Waals surface area contributed by atoms with Crippen LogP contribution < -0.4 is 10.1 Å². The van der Waals surface area contributed by atoms with Crippen LogP contribution in [0.2, 0.25) is 0 Å². The van der Waals surface area contributed by atoms with Gasteiger partial charge in [0.05, 0.1) is 0 Å². The summed E-state index contributed by atoms with van der Waals surface area (Å²) in [5.74, 6) is -1.09. The Labute approximate surface area is 89.4 Å². The number of carbonyl (C=O) groups excluding carboxylic acids is 1. The zero-order chi connectivity index (χ0) is 12.2. The molecular weight excluding hydrogens is 225 g/mol. The van der Waals surface area contributed by atoms with Crippen molar-refractivity contribution in [2.75, 3.05) is 5.32 Å². The molecule has 0 fully saturated rings. The fourth-order valence-electron chi connectivity index (χ4n) is 0.915. The predicted octanol–water partition coefficient (Wildman–Crippen LogP) is 2.33. The van der Waals surface area contributed by atoms with Crippen LogP contribution in [0.4, 0.5) is 18.9 Å². The van der Waals surface area contributed by atoms with E-state index in [1.54, 1.807) is 6.92 Å². The molecule has 0 aliphatic heterocycles. The van der Waals surface area contributed by atoms with E-state index < -0.39 is 18.1 Å². The molecule has 4 nitrogen and oxygen atoms in total. The van der Waals surface area contributed by atoms with Gasteiger partial charge in [0, 0.05) is 12.6 Å². The van der Waals surface area contributed by atoms with Crippen molar-refractivity contribution in [1.29, 1.82) is 0 Å². The average molecular weight is 234 g/mol. The highest BCUT2D eigenvalue weighted by Crippen LogP contribution is 2.27. The van der Waals surface area contributed by atoms with Gasteiger partial charge in [-0.25, -0.2) is 4.98 Å². The molecular formula is C9H9F3N2O2. The van der Waals surface area contributed by atoms with Gasteiger partial charge in [-0.05, 0) is 12.1 Å². The lowest BCUT2D eigenvalue weighted by Gasteiger charge is -2.11. The summed E-state index contributed by atoms with van der Waals surface area (Å²) in [6.45, 7) is 1.58. The second-order valence-corrected chi connectivity index (χ2v) is 2.81. The van der Waals surface area contributed by atoms with E-state index in [0.717, 1.165) is 6.20 Å². The minimum atomic E-state index is -4.83. The van der Waals surface area contributed by atoms with Crippen molar-refractivity contribution in [3.8, 4) is 5.88 Å². The molecule has 1 rings (SSSR count). The van der Waals surface area contributed by atoms with Gasteiger partial charge in [-0.1, -0.05) is 6.92 Å². The molecule has 0 aliphatic rings. The van der Waals surface area contributed by atoms with Gasteiger partial charge in [-0.3, -0.25) is 4.79 Å². The third-order valence-electron chi connectivity index (χ3n) is 1.58. The molecule has 0 spiro atoms. The zero-order valence-electron chi connectivity index (χ0n) is 8.34. The Kier molecular flexibility index (Phi) is 3.70. The molecule has 88 valence electrons. The number of carbonyl (C=O) groups is 1. The minimum absolute atomic E-state index is 0.105. The van der Waals surface area contributed by atoms with Crippen LogP contribution in [0, 0.1) is 0 Å². The van der Waals surface area contributed by atoms with Crippen molar-refractivity contribution < 1.29 is 22.7 Å². The Balaban J connectivity index is 2.87. The van der Waals surface area contributed by atoms with Crippen LogP contribution in [0.5, 0.6) is 5.88 Å². The normalized spacial score (nSPS) is 11.0. The zero-order valence-corrected chi connectivity index (χ0v) is 8.34. The Hall–Kier alpha value is -1.79. The van der Waals surface area contributed by atoms with Gasteiger partial charge in [-0.15, -0.1) is 13.2 Å². The van der Waals surface area contributed by atoms with Crippen LogP contribution in [0.3, 0.4) is 0 Å². The molecule has 0 saturated carbocycles. The molecule has 0 atom stereocenters. The Morgan fingerprint density at radius 1 is 1.56 bits per heavy atom. The third-order valence-corrected chi connectivity index (χ3v) is 1.58. The minimum Gasteiger partial charge on any atom is -0.386 e. The summed E-state index contributed by atoms with van der Waals surface area (Å²) < 4.78 is 39.5. The first-order valence-electron chi connectivity index (χ1n) is 4.43. The number of nitrogens with zero attached hydrogens (tertiary/aromatic N) is 1. The largest absolute Gasteiger partial charge is 0.574 e. The van der Waals surface area contributed by atoms with E-state index in [1.807, 2.05) is 0 Å². The SMILES string of the molecule is CCC(=O)Nc1cccnc1OC(F)(F)F.